The van der Waals surface area contributed by atoms with Gasteiger partial charge in [-0.05, 0) is 31.7 Å². The van der Waals surface area contributed by atoms with Crippen molar-refractivity contribution in [3.05, 3.63) is 26.6 Å². The van der Waals surface area contributed by atoms with Gasteiger partial charge in [-0.1, -0.05) is 20.3 Å². The first kappa shape index (κ1) is 20.8. The topological polar surface area (TPSA) is 78.5 Å². The van der Waals surface area contributed by atoms with Gasteiger partial charge in [-0.25, -0.2) is 9.78 Å². The van der Waals surface area contributed by atoms with Crippen LogP contribution in [0.25, 0.3) is 10.2 Å². The summed E-state index contributed by atoms with van der Waals surface area (Å²) in [7, 11) is 0. The van der Waals surface area contributed by atoms with E-state index in [9.17, 15) is 9.59 Å². The van der Waals surface area contributed by atoms with Gasteiger partial charge in [0.2, 0.25) is 0 Å². The van der Waals surface area contributed by atoms with Crippen molar-refractivity contribution in [1.82, 2.24) is 19.8 Å². The zero-order valence-corrected chi connectivity index (χ0v) is 18.0. The maximum atomic E-state index is 12.8. The number of amides is 1. The number of piperazine rings is 1. The minimum atomic E-state index is -0.252. The number of ether oxygens (including phenoxy) is 1. The molecule has 0 saturated carbocycles. The number of hydrogen-bond acceptors (Lipinski definition) is 6. The highest BCUT2D eigenvalue weighted by Crippen LogP contribution is 2.29. The second kappa shape index (κ2) is 9.05. The van der Waals surface area contributed by atoms with Gasteiger partial charge in [0.05, 0.1) is 18.5 Å². The van der Waals surface area contributed by atoms with Crippen molar-refractivity contribution in [2.24, 2.45) is 5.92 Å². The monoisotopic (exact) mass is 406 g/mol. The van der Waals surface area contributed by atoms with Crippen molar-refractivity contribution in [3.8, 4) is 0 Å². The normalized spacial score (nSPS) is 16.5. The highest BCUT2D eigenvalue weighted by molar-refractivity contribution is 7.18. The summed E-state index contributed by atoms with van der Waals surface area (Å²) in [6.45, 7) is 12.0. The first-order valence-electron chi connectivity index (χ1n) is 10.1. The standard InChI is InChI=1S/C20H30N4O3S/c1-5-13(3)11-15-14(4)28-19-17(15)18(25)21-16(22-19)12-23-7-9-24(10-8-23)20(26)27-6-2/h13H,5-12H2,1-4H3,(H,21,22,25)/t13-/m0/s1. The third-order valence-electron chi connectivity index (χ3n) is 5.43. The van der Waals surface area contributed by atoms with E-state index in [0.717, 1.165) is 41.7 Å². The summed E-state index contributed by atoms with van der Waals surface area (Å²) in [5.74, 6) is 1.24. The Kier molecular flexibility index (Phi) is 6.72. The fourth-order valence-electron chi connectivity index (χ4n) is 3.55. The third kappa shape index (κ3) is 4.55. The smallest absolute Gasteiger partial charge is 0.409 e. The largest absolute Gasteiger partial charge is 0.450 e. The molecule has 0 unspecified atom stereocenters. The van der Waals surface area contributed by atoms with Crippen molar-refractivity contribution < 1.29 is 9.53 Å². The summed E-state index contributed by atoms with van der Waals surface area (Å²) in [4.78, 5) is 38.3. The van der Waals surface area contributed by atoms with Crippen LogP contribution in [0.15, 0.2) is 4.79 Å². The number of H-pyrrole nitrogens is 1. The van der Waals surface area contributed by atoms with Gasteiger partial charge in [0.25, 0.3) is 5.56 Å². The van der Waals surface area contributed by atoms with Crippen LogP contribution < -0.4 is 5.56 Å². The molecule has 3 rings (SSSR count). The quantitative estimate of drug-likeness (QED) is 0.797. The van der Waals surface area contributed by atoms with E-state index < -0.39 is 0 Å². The van der Waals surface area contributed by atoms with Crippen LogP contribution in [-0.2, 0) is 17.7 Å². The Morgan fingerprint density at radius 3 is 2.64 bits per heavy atom. The van der Waals surface area contributed by atoms with E-state index in [2.05, 4.69) is 30.7 Å². The Morgan fingerprint density at radius 1 is 1.29 bits per heavy atom. The number of nitrogens with one attached hydrogen (secondary N) is 1. The number of carbonyl (C=O) groups is 1. The number of aromatic amines is 1. The summed E-state index contributed by atoms with van der Waals surface area (Å²) in [5, 5.41) is 0.763. The van der Waals surface area contributed by atoms with Crippen LogP contribution in [0, 0.1) is 12.8 Å². The molecule has 8 heteroatoms. The van der Waals surface area contributed by atoms with Crippen LogP contribution in [0.3, 0.4) is 0 Å². The Bertz CT molecular complexity index is 883. The minimum absolute atomic E-state index is 0.0344. The van der Waals surface area contributed by atoms with Crippen molar-refractivity contribution in [2.45, 2.75) is 47.1 Å². The second-order valence-corrected chi connectivity index (χ2v) is 8.71. The van der Waals surface area contributed by atoms with Gasteiger partial charge >= 0.3 is 6.09 Å². The Balaban J connectivity index is 1.72. The van der Waals surface area contributed by atoms with Gasteiger partial charge in [-0.2, -0.15) is 0 Å². The number of nitrogens with zero attached hydrogens (tertiary/aromatic N) is 3. The van der Waals surface area contributed by atoms with Crippen LogP contribution in [-0.4, -0.2) is 58.6 Å². The molecule has 28 heavy (non-hydrogen) atoms. The molecule has 3 heterocycles. The van der Waals surface area contributed by atoms with Gasteiger partial charge in [-0.15, -0.1) is 11.3 Å². The second-order valence-electron chi connectivity index (χ2n) is 7.51. The Labute approximate surface area is 169 Å². The summed E-state index contributed by atoms with van der Waals surface area (Å²) >= 11 is 1.61. The first-order valence-corrected chi connectivity index (χ1v) is 10.9. The van der Waals surface area contributed by atoms with Crippen molar-refractivity contribution >= 4 is 27.6 Å². The molecule has 2 aromatic rings. The lowest BCUT2D eigenvalue weighted by Gasteiger charge is -2.33. The van der Waals surface area contributed by atoms with E-state index in [1.165, 1.54) is 4.88 Å². The highest BCUT2D eigenvalue weighted by Gasteiger charge is 2.23. The van der Waals surface area contributed by atoms with Crippen LogP contribution in [0.2, 0.25) is 0 Å². The zero-order chi connectivity index (χ0) is 20.3. The molecular weight excluding hydrogens is 376 g/mol. The van der Waals surface area contributed by atoms with Crippen molar-refractivity contribution in [1.29, 1.82) is 0 Å². The average molecular weight is 407 g/mol. The lowest BCUT2D eigenvalue weighted by Crippen LogP contribution is -2.48. The maximum absolute atomic E-state index is 12.8. The van der Waals surface area contributed by atoms with Gasteiger partial charge in [0, 0.05) is 31.1 Å². The van der Waals surface area contributed by atoms with Crippen molar-refractivity contribution in [2.75, 3.05) is 32.8 Å². The molecule has 0 bridgehead atoms. The van der Waals surface area contributed by atoms with Crippen LogP contribution >= 0.6 is 11.3 Å². The predicted molar refractivity (Wildman–Crippen MR) is 112 cm³/mol. The molecule has 1 saturated heterocycles. The molecular formula is C20H30N4O3S. The lowest BCUT2D eigenvalue weighted by atomic mass is 9.98. The van der Waals surface area contributed by atoms with E-state index in [-0.39, 0.29) is 11.7 Å². The molecule has 0 aromatic carbocycles. The number of rotatable bonds is 6. The first-order chi connectivity index (χ1) is 13.4. The maximum Gasteiger partial charge on any atom is 0.409 e. The number of fused-ring (bicyclic) bond motifs is 1. The third-order valence-corrected chi connectivity index (χ3v) is 6.47. The summed E-state index contributed by atoms with van der Waals surface area (Å²) < 4.78 is 5.06. The molecule has 1 aliphatic rings. The lowest BCUT2D eigenvalue weighted by molar-refractivity contribution is 0.0772. The predicted octanol–water partition coefficient (Wildman–Crippen LogP) is 3.16. The Hall–Kier alpha value is -1.93. The molecule has 2 aromatic heterocycles. The average Bonchev–Trinajstić information content (AvgIpc) is 2.98. The number of thiophene rings is 1. The molecule has 1 fully saturated rings. The molecule has 0 spiro atoms. The highest BCUT2D eigenvalue weighted by atomic mass is 32.1. The van der Waals surface area contributed by atoms with E-state index in [0.29, 0.717) is 38.0 Å². The Morgan fingerprint density at radius 2 is 2.00 bits per heavy atom. The summed E-state index contributed by atoms with van der Waals surface area (Å²) in [6.07, 6.45) is 1.76. The fraction of sp³-hybridized carbons (Fsp3) is 0.650. The van der Waals surface area contributed by atoms with Crippen LogP contribution in [0.1, 0.15) is 43.5 Å². The molecule has 1 amide bonds. The minimum Gasteiger partial charge on any atom is -0.450 e. The van der Waals surface area contributed by atoms with Gasteiger partial charge in [0.1, 0.15) is 10.7 Å². The van der Waals surface area contributed by atoms with E-state index in [4.69, 9.17) is 9.72 Å². The molecule has 0 aliphatic carbocycles. The number of aromatic nitrogens is 2. The SMILES string of the molecule is CCOC(=O)N1CCN(Cc2nc3sc(C)c(C[C@@H](C)CC)c3c(=O)[nH]2)CC1. The van der Waals surface area contributed by atoms with E-state index in [1.54, 1.807) is 16.2 Å². The number of aryl methyl sites for hydroxylation is 1. The number of carbonyl (C=O) groups excluding carboxylic acids is 1. The number of hydrogen-bond donors (Lipinski definition) is 1. The summed E-state index contributed by atoms with van der Waals surface area (Å²) in [5.41, 5.74) is 1.12. The molecule has 1 aliphatic heterocycles. The molecule has 1 atom stereocenters. The zero-order valence-electron chi connectivity index (χ0n) is 17.2. The van der Waals surface area contributed by atoms with E-state index in [1.807, 2.05) is 6.92 Å². The summed E-state index contributed by atoms with van der Waals surface area (Å²) in [6, 6.07) is 0. The van der Waals surface area contributed by atoms with Crippen LogP contribution in [0.5, 0.6) is 0 Å². The van der Waals surface area contributed by atoms with Crippen LogP contribution in [0.4, 0.5) is 4.79 Å². The molecule has 1 N–H and O–H groups in total. The molecule has 0 radical (unpaired) electrons. The van der Waals surface area contributed by atoms with Gasteiger partial charge < -0.3 is 14.6 Å². The van der Waals surface area contributed by atoms with Gasteiger partial charge in [0.15, 0.2) is 0 Å². The molecule has 7 nitrogen and oxygen atoms in total. The van der Waals surface area contributed by atoms with Gasteiger partial charge in [-0.3, -0.25) is 9.69 Å². The van der Waals surface area contributed by atoms with E-state index >= 15 is 0 Å². The fourth-order valence-corrected chi connectivity index (χ4v) is 4.62. The van der Waals surface area contributed by atoms with Crippen molar-refractivity contribution in [3.63, 3.8) is 0 Å². The molecule has 154 valence electrons.